The van der Waals surface area contributed by atoms with Crippen LogP contribution in [0.1, 0.15) is 44.1 Å². The zero-order valence-corrected chi connectivity index (χ0v) is 12.4. The number of benzene rings is 1. The summed E-state index contributed by atoms with van der Waals surface area (Å²) >= 11 is 8.40. The Morgan fingerprint density at radius 2 is 1.94 bits per heavy atom. The summed E-state index contributed by atoms with van der Waals surface area (Å²) in [5.74, 6) is 0.862. The van der Waals surface area contributed by atoms with Crippen LogP contribution in [0.3, 0.4) is 0 Å². The number of thioether (sulfide) groups is 1. The summed E-state index contributed by atoms with van der Waals surface area (Å²) in [5, 5.41) is 0.763. The van der Waals surface area contributed by atoms with Crippen molar-refractivity contribution in [3.8, 4) is 0 Å². The van der Waals surface area contributed by atoms with Crippen LogP contribution < -0.4 is 0 Å². The number of fused-ring (bicyclic) bond motifs is 1. The molecule has 0 saturated heterocycles. The molecular formula is C16H21ClS. The van der Waals surface area contributed by atoms with Crippen LogP contribution in [0.25, 0.3) is 0 Å². The number of rotatable bonds is 3. The van der Waals surface area contributed by atoms with Crippen molar-refractivity contribution in [2.24, 2.45) is 5.41 Å². The molecule has 0 bridgehead atoms. The van der Waals surface area contributed by atoms with Crippen LogP contribution in [0.2, 0.25) is 0 Å². The molecule has 1 fully saturated rings. The molecule has 0 radical (unpaired) electrons. The van der Waals surface area contributed by atoms with Gasteiger partial charge in [-0.3, -0.25) is 0 Å². The average molecular weight is 281 g/mol. The van der Waals surface area contributed by atoms with Gasteiger partial charge in [-0.15, -0.1) is 23.4 Å². The smallest absolute Gasteiger partial charge is 0.0280 e. The Morgan fingerprint density at radius 1 is 1.17 bits per heavy atom. The number of hydrogen-bond donors (Lipinski definition) is 0. The predicted molar refractivity (Wildman–Crippen MR) is 80.6 cm³/mol. The molecule has 1 aliphatic carbocycles. The Kier molecular flexibility index (Phi) is 3.91. The van der Waals surface area contributed by atoms with Gasteiger partial charge >= 0.3 is 0 Å². The van der Waals surface area contributed by atoms with Gasteiger partial charge in [-0.05, 0) is 42.7 Å². The molecule has 2 aliphatic rings. The van der Waals surface area contributed by atoms with E-state index in [1.54, 1.807) is 5.56 Å². The largest absolute Gasteiger partial charge is 0.126 e. The van der Waals surface area contributed by atoms with E-state index in [2.05, 4.69) is 36.0 Å². The summed E-state index contributed by atoms with van der Waals surface area (Å²) in [6, 6.07) is 8.89. The Bertz CT molecular complexity index is 384. The highest BCUT2D eigenvalue weighted by Crippen LogP contribution is 2.47. The predicted octanol–water partition coefficient (Wildman–Crippen LogP) is 5.28. The summed E-state index contributed by atoms with van der Waals surface area (Å²) in [4.78, 5) is 1.50. The third kappa shape index (κ3) is 2.58. The zero-order chi connectivity index (χ0) is 12.4. The Morgan fingerprint density at radius 3 is 2.67 bits per heavy atom. The number of alkyl halides is 1. The van der Waals surface area contributed by atoms with Gasteiger partial charge in [-0.2, -0.15) is 0 Å². The fourth-order valence-electron chi connectivity index (χ4n) is 3.54. The molecule has 1 atom stereocenters. The maximum Gasteiger partial charge on any atom is 0.0280 e. The molecule has 0 aromatic heterocycles. The van der Waals surface area contributed by atoms with Crippen molar-refractivity contribution in [1.82, 2.24) is 0 Å². The van der Waals surface area contributed by atoms with Crippen molar-refractivity contribution in [3.63, 3.8) is 0 Å². The van der Waals surface area contributed by atoms with E-state index in [-0.39, 0.29) is 0 Å². The van der Waals surface area contributed by atoms with Gasteiger partial charge in [0.1, 0.15) is 0 Å². The molecule has 0 amide bonds. The van der Waals surface area contributed by atoms with Gasteiger partial charge in [0.05, 0.1) is 0 Å². The van der Waals surface area contributed by atoms with Crippen molar-refractivity contribution in [2.75, 3.05) is 5.88 Å². The first kappa shape index (κ1) is 12.9. The van der Waals surface area contributed by atoms with E-state index in [0.29, 0.717) is 5.41 Å². The Hall–Kier alpha value is -0.140. The molecule has 2 heteroatoms. The van der Waals surface area contributed by atoms with E-state index in [1.165, 1.54) is 49.8 Å². The minimum absolute atomic E-state index is 0.444. The van der Waals surface area contributed by atoms with E-state index >= 15 is 0 Å². The maximum atomic E-state index is 6.32. The van der Waals surface area contributed by atoms with E-state index in [4.69, 9.17) is 11.6 Å². The minimum Gasteiger partial charge on any atom is -0.126 e. The highest BCUT2D eigenvalue weighted by Gasteiger charge is 2.35. The first-order valence-corrected chi connectivity index (χ1v) is 8.53. The topological polar surface area (TPSA) is 0 Å². The SMILES string of the molecule is ClCC1(CC2Cc3ccccc3S2)CCCCC1. The van der Waals surface area contributed by atoms with Crippen molar-refractivity contribution in [1.29, 1.82) is 0 Å². The van der Waals surface area contributed by atoms with Gasteiger partial charge in [-0.25, -0.2) is 0 Å². The molecule has 1 heterocycles. The molecule has 98 valence electrons. The first-order chi connectivity index (χ1) is 8.81. The first-order valence-electron chi connectivity index (χ1n) is 7.12. The highest BCUT2D eigenvalue weighted by atomic mass is 35.5. The third-order valence-corrected chi connectivity index (χ3v) is 6.46. The fraction of sp³-hybridized carbons (Fsp3) is 0.625. The number of halogens is 1. The van der Waals surface area contributed by atoms with Crippen LogP contribution >= 0.6 is 23.4 Å². The quantitative estimate of drug-likeness (QED) is 0.679. The van der Waals surface area contributed by atoms with Crippen LogP contribution in [0.4, 0.5) is 0 Å². The van der Waals surface area contributed by atoms with Crippen LogP contribution in [0.5, 0.6) is 0 Å². The maximum absolute atomic E-state index is 6.32. The molecule has 18 heavy (non-hydrogen) atoms. The minimum atomic E-state index is 0.444. The van der Waals surface area contributed by atoms with E-state index < -0.39 is 0 Å². The van der Waals surface area contributed by atoms with Crippen molar-refractivity contribution >= 4 is 23.4 Å². The van der Waals surface area contributed by atoms with E-state index in [9.17, 15) is 0 Å². The fourth-order valence-corrected chi connectivity index (χ4v) is 5.44. The van der Waals surface area contributed by atoms with Gasteiger partial charge in [0.15, 0.2) is 0 Å². The summed E-state index contributed by atoms with van der Waals surface area (Å²) in [6.45, 7) is 0. The van der Waals surface area contributed by atoms with Crippen molar-refractivity contribution in [3.05, 3.63) is 29.8 Å². The molecule has 3 rings (SSSR count). The second-order valence-electron chi connectivity index (χ2n) is 5.95. The monoisotopic (exact) mass is 280 g/mol. The number of hydrogen-bond acceptors (Lipinski definition) is 1. The normalized spacial score (nSPS) is 25.9. The second kappa shape index (κ2) is 5.46. The molecule has 1 aromatic rings. The second-order valence-corrected chi connectivity index (χ2v) is 7.56. The van der Waals surface area contributed by atoms with Gasteiger partial charge in [0.25, 0.3) is 0 Å². The molecule has 0 N–H and O–H groups in total. The van der Waals surface area contributed by atoms with Crippen LogP contribution in [0.15, 0.2) is 29.2 Å². The summed E-state index contributed by atoms with van der Waals surface area (Å²) in [5.41, 5.74) is 1.99. The third-order valence-electron chi connectivity index (χ3n) is 4.57. The van der Waals surface area contributed by atoms with Crippen LogP contribution in [0, 0.1) is 5.41 Å². The highest BCUT2D eigenvalue weighted by molar-refractivity contribution is 8.00. The van der Waals surface area contributed by atoms with E-state index in [0.717, 1.165) is 11.1 Å². The van der Waals surface area contributed by atoms with Gasteiger partial charge in [0, 0.05) is 16.0 Å². The molecule has 1 unspecified atom stereocenters. The molecule has 1 aliphatic heterocycles. The van der Waals surface area contributed by atoms with Crippen molar-refractivity contribution < 1.29 is 0 Å². The summed E-state index contributed by atoms with van der Waals surface area (Å²) in [7, 11) is 0. The molecular weight excluding hydrogens is 260 g/mol. The average Bonchev–Trinajstić information content (AvgIpc) is 2.81. The van der Waals surface area contributed by atoms with Crippen LogP contribution in [-0.4, -0.2) is 11.1 Å². The summed E-state index contributed by atoms with van der Waals surface area (Å²) < 4.78 is 0. The Balaban J connectivity index is 1.67. The molecule has 0 nitrogen and oxygen atoms in total. The lowest BCUT2D eigenvalue weighted by Gasteiger charge is -2.37. The van der Waals surface area contributed by atoms with Gasteiger partial charge in [0.2, 0.25) is 0 Å². The summed E-state index contributed by atoms with van der Waals surface area (Å²) in [6.07, 6.45) is 9.45. The van der Waals surface area contributed by atoms with Gasteiger partial charge < -0.3 is 0 Å². The lowest BCUT2D eigenvalue weighted by molar-refractivity contribution is 0.202. The molecule has 0 spiro atoms. The molecule has 1 aromatic carbocycles. The van der Waals surface area contributed by atoms with Crippen LogP contribution in [-0.2, 0) is 6.42 Å². The lowest BCUT2D eigenvalue weighted by Crippen LogP contribution is -2.29. The van der Waals surface area contributed by atoms with E-state index in [1.807, 2.05) is 0 Å². The Labute approximate surface area is 119 Å². The zero-order valence-electron chi connectivity index (χ0n) is 10.8. The molecule has 1 saturated carbocycles. The standard InChI is InChI=1S/C16H21ClS/c17-12-16(8-4-1-5-9-16)11-14-10-13-6-2-3-7-15(13)18-14/h2-3,6-7,14H,1,4-5,8-12H2. The van der Waals surface area contributed by atoms with Gasteiger partial charge in [-0.1, -0.05) is 37.5 Å². The lowest BCUT2D eigenvalue weighted by atomic mass is 9.72. The van der Waals surface area contributed by atoms with Crippen molar-refractivity contribution in [2.45, 2.75) is 55.1 Å².